The van der Waals surface area contributed by atoms with Crippen LogP contribution in [0.5, 0.6) is 0 Å². The zero-order valence-corrected chi connectivity index (χ0v) is 19.1. The van der Waals surface area contributed by atoms with Crippen molar-refractivity contribution in [1.82, 2.24) is 4.90 Å². The number of unbranched alkanes of at least 4 members (excludes halogenated alkanes) is 9. The molecule has 0 saturated heterocycles. The molecule has 0 aromatic heterocycles. The molecule has 26 heavy (non-hydrogen) atoms. The molecule has 1 atom stereocenters. The van der Waals surface area contributed by atoms with Crippen molar-refractivity contribution in [3.63, 3.8) is 0 Å². The van der Waals surface area contributed by atoms with E-state index in [1.807, 2.05) is 0 Å². The molecule has 4 heteroatoms. The van der Waals surface area contributed by atoms with Gasteiger partial charge in [0.1, 0.15) is 0 Å². The standard InChI is InChI=1S/C22H39N3.HI/c1-2-3-4-5-6-7-8-9-10-12-15-22(16-13-11-14-17-22)20-25-19-18-24-21(25)23;/h11,13-14,16H,2-10,12,15,17-20H2,1H3,(H2,23,24);1H. The van der Waals surface area contributed by atoms with Gasteiger partial charge in [-0.25, -0.2) is 0 Å². The zero-order chi connectivity index (χ0) is 17.8. The molecular formula is C22H40IN3. The van der Waals surface area contributed by atoms with Crippen LogP contribution in [0, 0.1) is 5.41 Å². The van der Waals surface area contributed by atoms with Crippen LogP contribution in [0.4, 0.5) is 0 Å². The number of nitrogens with two attached hydrogens (primary N) is 1. The van der Waals surface area contributed by atoms with Gasteiger partial charge in [0.15, 0.2) is 5.96 Å². The Balaban J connectivity index is 0.00000338. The first-order chi connectivity index (χ1) is 12.3. The van der Waals surface area contributed by atoms with E-state index in [4.69, 9.17) is 5.73 Å². The molecule has 1 heterocycles. The monoisotopic (exact) mass is 473 g/mol. The molecule has 0 radical (unpaired) electrons. The van der Waals surface area contributed by atoms with E-state index in [2.05, 4.69) is 41.1 Å². The highest BCUT2D eigenvalue weighted by molar-refractivity contribution is 14.0. The maximum absolute atomic E-state index is 6.04. The first-order valence-corrected chi connectivity index (χ1v) is 10.6. The van der Waals surface area contributed by atoms with Gasteiger partial charge in [-0.05, 0) is 12.8 Å². The van der Waals surface area contributed by atoms with Crippen molar-refractivity contribution < 1.29 is 0 Å². The third-order valence-electron chi connectivity index (χ3n) is 5.72. The van der Waals surface area contributed by atoms with E-state index in [1.165, 1.54) is 70.6 Å². The summed E-state index contributed by atoms with van der Waals surface area (Å²) in [6.07, 6.45) is 25.6. The predicted molar refractivity (Wildman–Crippen MR) is 125 cm³/mol. The second kappa shape index (κ2) is 13.6. The average molecular weight is 473 g/mol. The van der Waals surface area contributed by atoms with Crippen molar-refractivity contribution in [3.05, 3.63) is 24.3 Å². The summed E-state index contributed by atoms with van der Waals surface area (Å²) < 4.78 is 0. The van der Waals surface area contributed by atoms with Crippen LogP contribution in [-0.2, 0) is 0 Å². The van der Waals surface area contributed by atoms with Gasteiger partial charge in [0.05, 0.1) is 6.54 Å². The molecule has 2 N–H and O–H groups in total. The summed E-state index contributed by atoms with van der Waals surface area (Å²) in [5, 5.41) is 0. The number of aliphatic imine (C=N–C) groups is 1. The molecule has 0 fully saturated rings. The molecule has 0 amide bonds. The molecule has 3 nitrogen and oxygen atoms in total. The SMILES string of the molecule is CCCCCCCCCCCCC1(CN2CCN=C2N)C=CC=CC1.I. The van der Waals surface area contributed by atoms with E-state index < -0.39 is 0 Å². The highest BCUT2D eigenvalue weighted by atomic mass is 127. The minimum absolute atomic E-state index is 0. The first-order valence-electron chi connectivity index (χ1n) is 10.6. The fraction of sp³-hybridized carbons (Fsp3) is 0.773. The lowest BCUT2D eigenvalue weighted by Gasteiger charge is -2.36. The van der Waals surface area contributed by atoms with Gasteiger partial charge in [0.25, 0.3) is 0 Å². The number of allylic oxidation sites excluding steroid dienone is 3. The summed E-state index contributed by atoms with van der Waals surface area (Å²) in [4.78, 5) is 6.63. The van der Waals surface area contributed by atoms with Crippen LogP contribution in [0.15, 0.2) is 29.3 Å². The molecule has 0 bridgehead atoms. The fourth-order valence-corrected chi connectivity index (χ4v) is 4.10. The molecule has 1 unspecified atom stereocenters. The topological polar surface area (TPSA) is 41.6 Å². The van der Waals surface area contributed by atoms with Crippen molar-refractivity contribution >= 4 is 29.9 Å². The lowest BCUT2D eigenvalue weighted by atomic mass is 9.76. The quantitative estimate of drug-likeness (QED) is 0.261. The van der Waals surface area contributed by atoms with Crippen LogP contribution >= 0.6 is 24.0 Å². The molecule has 2 aliphatic rings. The molecule has 2 rings (SSSR count). The Morgan fingerprint density at radius 1 is 1.00 bits per heavy atom. The van der Waals surface area contributed by atoms with Crippen LogP contribution in [0.3, 0.4) is 0 Å². The Labute approximate surface area is 178 Å². The van der Waals surface area contributed by atoms with Gasteiger partial charge in [0, 0.05) is 18.5 Å². The Kier molecular flexibility index (Phi) is 12.3. The lowest BCUT2D eigenvalue weighted by Crippen LogP contribution is -2.42. The number of hydrogen-bond donors (Lipinski definition) is 1. The number of hydrogen-bond acceptors (Lipinski definition) is 3. The van der Waals surface area contributed by atoms with Gasteiger partial charge in [-0.1, -0.05) is 95.4 Å². The minimum atomic E-state index is 0. The summed E-state index contributed by atoms with van der Waals surface area (Å²) in [6.45, 7) is 5.17. The number of rotatable bonds is 13. The van der Waals surface area contributed by atoms with Crippen molar-refractivity contribution in [2.75, 3.05) is 19.6 Å². The number of halogens is 1. The lowest BCUT2D eigenvalue weighted by molar-refractivity contribution is 0.250. The van der Waals surface area contributed by atoms with Gasteiger partial charge < -0.3 is 10.6 Å². The van der Waals surface area contributed by atoms with E-state index in [0.29, 0.717) is 0 Å². The van der Waals surface area contributed by atoms with E-state index in [9.17, 15) is 0 Å². The minimum Gasteiger partial charge on any atom is -0.370 e. The molecular weight excluding hydrogens is 433 g/mol. The summed E-state index contributed by atoms with van der Waals surface area (Å²) in [6, 6.07) is 0. The molecule has 1 aliphatic carbocycles. The molecule has 0 aromatic carbocycles. The van der Waals surface area contributed by atoms with Crippen LogP contribution in [0.1, 0.15) is 84.0 Å². The Bertz CT molecular complexity index is 458. The van der Waals surface area contributed by atoms with Crippen LogP contribution in [0.25, 0.3) is 0 Å². The summed E-state index contributed by atoms with van der Waals surface area (Å²) in [5.41, 5.74) is 6.31. The predicted octanol–water partition coefficient (Wildman–Crippen LogP) is 6.05. The Morgan fingerprint density at radius 3 is 2.19 bits per heavy atom. The Hall–Kier alpha value is -0.520. The Morgan fingerprint density at radius 2 is 1.65 bits per heavy atom. The summed E-state index contributed by atoms with van der Waals surface area (Å²) >= 11 is 0. The number of nitrogens with zero attached hydrogens (tertiary/aromatic N) is 2. The molecule has 0 saturated carbocycles. The van der Waals surface area contributed by atoms with E-state index in [1.54, 1.807) is 0 Å². The van der Waals surface area contributed by atoms with Gasteiger partial charge >= 0.3 is 0 Å². The zero-order valence-electron chi connectivity index (χ0n) is 16.8. The van der Waals surface area contributed by atoms with Gasteiger partial charge in [-0.2, -0.15) is 0 Å². The van der Waals surface area contributed by atoms with Gasteiger partial charge in [-0.15, -0.1) is 24.0 Å². The second-order valence-electron chi connectivity index (χ2n) is 7.95. The maximum atomic E-state index is 6.04. The first kappa shape index (κ1) is 23.5. The third kappa shape index (κ3) is 8.45. The van der Waals surface area contributed by atoms with Crippen LogP contribution < -0.4 is 5.73 Å². The van der Waals surface area contributed by atoms with Crippen molar-refractivity contribution in [1.29, 1.82) is 0 Å². The van der Waals surface area contributed by atoms with E-state index in [0.717, 1.165) is 32.0 Å². The molecule has 1 aliphatic heterocycles. The maximum Gasteiger partial charge on any atom is 0.191 e. The average Bonchev–Trinajstić information content (AvgIpc) is 3.02. The van der Waals surface area contributed by atoms with Crippen LogP contribution in [-0.4, -0.2) is 30.5 Å². The van der Waals surface area contributed by atoms with Gasteiger partial charge in [-0.3, -0.25) is 4.99 Å². The second-order valence-corrected chi connectivity index (χ2v) is 7.95. The van der Waals surface area contributed by atoms with Crippen molar-refractivity contribution in [3.8, 4) is 0 Å². The largest absolute Gasteiger partial charge is 0.370 e. The van der Waals surface area contributed by atoms with Crippen molar-refractivity contribution in [2.45, 2.75) is 84.0 Å². The number of guanidine groups is 1. The molecule has 150 valence electrons. The normalized spacial score (nSPS) is 21.7. The van der Waals surface area contributed by atoms with E-state index >= 15 is 0 Å². The van der Waals surface area contributed by atoms with Crippen molar-refractivity contribution in [2.24, 2.45) is 16.1 Å². The molecule has 0 aromatic rings. The fourth-order valence-electron chi connectivity index (χ4n) is 4.10. The molecule has 0 spiro atoms. The summed E-state index contributed by atoms with van der Waals surface area (Å²) in [7, 11) is 0. The van der Waals surface area contributed by atoms with Crippen LogP contribution in [0.2, 0.25) is 0 Å². The highest BCUT2D eigenvalue weighted by Crippen LogP contribution is 2.35. The smallest absolute Gasteiger partial charge is 0.191 e. The summed E-state index contributed by atoms with van der Waals surface area (Å²) in [5.74, 6) is 0.741. The van der Waals surface area contributed by atoms with E-state index in [-0.39, 0.29) is 29.4 Å². The third-order valence-corrected chi connectivity index (χ3v) is 5.72. The van der Waals surface area contributed by atoms with Gasteiger partial charge in [0.2, 0.25) is 0 Å². The highest BCUT2D eigenvalue weighted by Gasteiger charge is 2.31.